The Kier molecular flexibility index (Phi) is 8.10. The van der Waals surface area contributed by atoms with E-state index in [1.165, 1.54) is 24.5 Å². The van der Waals surface area contributed by atoms with Gasteiger partial charge in [-0.25, -0.2) is 28.9 Å². The van der Waals surface area contributed by atoms with Gasteiger partial charge in [-0.05, 0) is 31.9 Å². The first-order valence-electron chi connectivity index (χ1n) is 14.8. The molecule has 0 radical (unpaired) electrons. The summed E-state index contributed by atoms with van der Waals surface area (Å²) < 4.78 is 46.7. The fourth-order valence-electron chi connectivity index (χ4n) is 5.53. The number of hydrogen-bond acceptors (Lipinski definition) is 10. The van der Waals surface area contributed by atoms with Crippen molar-refractivity contribution in [1.29, 1.82) is 0 Å². The van der Waals surface area contributed by atoms with Crippen molar-refractivity contribution in [3.05, 3.63) is 83.7 Å². The van der Waals surface area contributed by atoms with Gasteiger partial charge in [-0.1, -0.05) is 36.4 Å². The van der Waals surface area contributed by atoms with Gasteiger partial charge in [0, 0.05) is 17.2 Å². The number of carbonyl (C=O) groups is 2. The Morgan fingerprint density at radius 1 is 1.02 bits per heavy atom. The van der Waals surface area contributed by atoms with Crippen molar-refractivity contribution < 1.29 is 37.7 Å². The van der Waals surface area contributed by atoms with Crippen LogP contribution in [0.3, 0.4) is 0 Å². The number of benzene rings is 2. The van der Waals surface area contributed by atoms with Crippen LogP contribution >= 0.6 is 0 Å². The van der Waals surface area contributed by atoms with Gasteiger partial charge in [0.25, 0.3) is 0 Å². The molecule has 2 aromatic carbocycles. The highest BCUT2D eigenvalue weighted by atomic mass is 19.1. The fraction of sp³-hybridized carbons (Fsp3) is 0.387. The molecule has 3 fully saturated rings. The highest BCUT2D eigenvalue weighted by Gasteiger charge is 2.54. The molecule has 234 valence electrons. The predicted octanol–water partition coefficient (Wildman–Crippen LogP) is 4.02. The van der Waals surface area contributed by atoms with Crippen molar-refractivity contribution in [1.82, 2.24) is 24.8 Å². The third kappa shape index (κ3) is 5.96. The summed E-state index contributed by atoms with van der Waals surface area (Å²) in [6, 6.07) is 13.6. The summed E-state index contributed by atoms with van der Waals surface area (Å²) in [6.07, 6.45) is 1.62. The first-order valence-corrected chi connectivity index (χ1v) is 14.8. The van der Waals surface area contributed by atoms with Crippen LogP contribution in [0.25, 0.3) is 11.2 Å². The number of fused-ring (bicyclic) bond motifs is 2. The van der Waals surface area contributed by atoms with Crippen LogP contribution in [0.4, 0.5) is 15.0 Å². The zero-order chi connectivity index (χ0) is 30.9. The van der Waals surface area contributed by atoms with Crippen LogP contribution in [0, 0.1) is 5.82 Å². The molecule has 4 aromatic rings. The van der Waals surface area contributed by atoms with E-state index in [2.05, 4.69) is 25.6 Å². The third-order valence-corrected chi connectivity index (χ3v) is 7.84. The second-order valence-electron chi connectivity index (χ2n) is 10.9. The molecule has 13 nitrogen and oxygen atoms in total. The van der Waals surface area contributed by atoms with Gasteiger partial charge in [0.05, 0.1) is 31.7 Å². The van der Waals surface area contributed by atoms with Crippen molar-refractivity contribution in [3.8, 4) is 0 Å². The monoisotopic (exact) mass is 618 g/mol. The van der Waals surface area contributed by atoms with Crippen LogP contribution in [0.2, 0.25) is 0 Å². The molecule has 1 saturated carbocycles. The Labute approximate surface area is 257 Å². The number of amides is 2. The first-order chi connectivity index (χ1) is 22.0. The Morgan fingerprint density at radius 2 is 1.84 bits per heavy atom. The molecular formula is C31H31FN6O7. The zero-order valence-electron chi connectivity index (χ0n) is 24.3. The van der Waals surface area contributed by atoms with E-state index in [0.717, 1.165) is 18.4 Å². The number of imidazole rings is 1. The van der Waals surface area contributed by atoms with E-state index >= 15 is 0 Å². The topological polar surface area (TPSA) is 148 Å². The number of rotatable bonds is 10. The number of esters is 1. The van der Waals surface area contributed by atoms with Crippen LogP contribution in [-0.2, 0) is 30.3 Å². The number of nitrogens with one attached hydrogen (secondary N) is 2. The largest absolute Gasteiger partial charge is 0.462 e. The Bertz CT molecular complexity index is 1700. The van der Waals surface area contributed by atoms with Crippen molar-refractivity contribution in [3.63, 3.8) is 0 Å². The van der Waals surface area contributed by atoms with Gasteiger partial charge in [-0.2, -0.15) is 0 Å². The van der Waals surface area contributed by atoms with E-state index in [4.69, 9.17) is 23.7 Å². The maximum absolute atomic E-state index is 14.8. The predicted molar refractivity (Wildman–Crippen MR) is 155 cm³/mol. The molecule has 2 N–H and O–H groups in total. The van der Waals surface area contributed by atoms with E-state index in [1.54, 1.807) is 17.8 Å². The van der Waals surface area contributed by atoms with Gasteiger partial charge in [-0.3, -0.25) is 9.88 Å². The van der Waals surface area contributed by atoms with E-state index in [0.29, 0.717) is 11.2 Å². The molecule has 4 unspecified atom stereocenters. The average Bonchev–Trinajstić information content (AvgIpc) is 3.43. The second-order valence-corrected chi connectivity index (χ2v) is 10.9. The Hall–Kier alpha value is -4.50. The summed E-state index contributed by atoms with van der Waals surface area (Å²) in [5.74, 6) is -0.939. The summed E-state index contributed by atoms with van der Waals surface area (Å²) in [7, 11) is 0. The minimum Gasteiger partial charge on any atom is -0.462 e. The molecule has 2 aliphatic heterocycles. The normalized spacial score (nSPS) is 24.0. The SMILES string of the molecule is CCOC(=O)c1cccc(F)c1COCC1OC(n2cnc3c(NC(=O)NC4CC4)ncnc32)C2O[C@@H](c3ccccc3)OC12. The first kappa shape index (κ1) is 29.2. The summed E-state index contributed by atoms with van der Waals surface area (Å²) in [5.41, 5.74) is 1.84. The minimum atomic E-state index is -0.728. The number of anilines is 1. The van der Waals surface area contributed by atoms with Crippen LogP contribution < -0.4 is 10.6 Å². The van der Waals surface area contributed by atoms with E-state index in [1.807, 2.05) is 30.3 Å². The number of nitrogens with zero attached hydrogens (tertiary/aromatic N) is 4. The number of ether oxygens (including phenoxy) is 5. The number of aromatic nitrogens is 4. The van der Waals surface area contributed by atoms with Gasteiger partial charge < -0.3 is 29.0 Å². The van der Waals surface area contributed by atoms with Gasteiger partial charge in [0.2, 0.25) is 0 Å². The maximum Gasteiger partial charge on any atom is 0.338 e. The summed E-state index contributed by atoms with van der Waals surface area (Å²) in [4.78, 5) is 37.9. The third-order valence-electron chi connectivity index (χ3n) is 7.84. The standard InChI is InChI=1S/C31H31FN6O7/c1-2-42-29(39)19-9-6-10-21(32)20(19)13-41-14-22-24-25(45-30(44-24)17-7-4-3-5-8-17)28(43-22)38-16-35-23-26(33-15-34-27(23)38)37-31(40)36-18-11-12-18/h3-10,15-16,18,22,24-25,28,30H,2,11-14H2,1H3,(H2,33,34,36,37,40)/t22?,24?,25?,28?,30-/m0/s1. The summed E-state index contributed by atoms with van der Waals surface area (Å²) >= 11 is 0. The molecule has 2 aromatic heterocycles. The average molecular weight is 619 g/mol. The summed E-state index contributed by atoms with van der Waals surface area (Å²) in [5, 5.41) is 5.62. The molecule has 5 atom stereocenters. The molecular weight excluding hydrogens is 587 g/mol. The van der Waals surface area contributed by atoms with E-state index in [9.17, 15) is 14.0 Å². The number of hydrogen-bond donors (Lipinski definition) is 2. The highest BCUT2D eigenvalue weighted by molar-refractivity contribution is 5.96. The maximum atomic E-state index is 14.8. The molecule has 7 rings (SSSR count). The summed E-state index contributed by atoms with van der Waals surface area (Å²) in [6.45, 7) is 1.66. The van der Waals surface area contributed by atoms with Crippen LogP contribution in [-0.4, -0.2) is 69.1 Å². The van der Waals surface area contributed by atoms with E-state index < -0.39 is 42.6 Å². The number of urea groups is 1. The smallest absolute Gasteiger partial charge is 0.338 e. The highest BCUT2D eigenvalue weighted by Crippen LogP contribution is 2.45. The molecule has 2 amide bonds. The lowest BCUT2D eigenvalue weighted by Crippen LogP contribution is -2.32. The van der Waals surface area contributed by atoms with Crippen LogP contribution in [0.15, 0.2) is 61.2 Å². The number of halogens is 1. The second kappa shape index (κ2) is 12.5. The van der Waals surface area contributed by atoms with Crippen LogP contribution in [0.1, 0.15) is 53.8 Å². The van der Waals surface area contributed by atoms with Gasteiger partial charge in [-0.15, -0.1) is 0 Å². The molecule has 3 aliphatic rings. The Balaban J connectivity index is 1.13. The quantitative estimate of drug-likeness (QED) is 0.250. The van der Waals surface area contributed by atoms with Crippen molar-refractivity contribution >= 4 is 29.0 Å². The molecule has 0 spiro atoms. The molecule has 0 bridgehead atoms. The van der Waals surface area contributed by atoms with Gasteiger partial charge in [0.15, 0.2) is 29.5 Å². The zero-order valence-corrected chi connectivity index (χ0v) is 24.3. The van der Waals surface area contributed by atoms with E-state index in [-0.39, 0.29) is 48.8 Å². The fourth-order valence-corrected chi connectivity index (χ4v) is 5.53. The van der Waals surface area contributed by atoms with Gasteiger partial charge >= 0.3 is 12.0 Å². The molecule has 14 heteroatoms. The van der Waals surface area contributed by atoms with Crippen LogP contribution in [0.5, 0.6) is 0 Å². The molecule has 45 heavy (non-hydrogen) atoms. The van der Waals surface area contributed by atoms with Crippen molar-refractivity contribution in [2.45, 2.75) is 63.2 Å². The Morgan fingerprint density at radius 3 is 2.64 bits per heavy atom. The molecule has 2 saturated heterocycles. The minimum absolute atomic E-state index is 0.00882. The van der Waals surface area contributed by atoms with Gasteiger partial charge in [0.1, 0.15) is 30.5 Å². The molecule has 1 aliphatic carbocycles. The van der Waals surface area contributed by atoms with Crippen molar-refractivity contribution in [2.75, 3.05) is 18.5 Å². The van der Waals surface area contributed by atoms with Crippen molar-refractivity contribution in [2.24, 2.45) is 0 Å². The lowest BCUT2D eigenvalue weighted by atomic mass is 10.1. The molecule has 4 heterocycles. The lowest BCUT2D eigenvalue weighted by Gasteiger charge is -2.21. The number of carbonyl (C=O) groups excluding carboxylic acids is 2. The lowest BCUT2D eigenvalue weighted by molar-refractivity contribution is -0.158.